The molecule has 4 rings (SSSR count). The van der Waals surface area contributed by atoms with E-state index < -0.39 is 0 Å². The summed E-state index contributed by atoms with van der Waals surface area (Å²) in [6, 6.07) is 8.60. The zero-order chi connectivity index (χ0) is 14.2. The Hall–Kier alpha value is -1.92. The Balaban J connectivity index is 1.74. The number of nitrogens with one attached hydrogen (secondary N) is 2. The Morgan fingerprint density at radius 3 is 3.10 bits per heavy atom. The molecule has 21 heavy (non-hydrogen) atoms. The number of thiazole rings is 1. The van der Waals surface area contributed by atoms with E-state index in [1.807, 2.05) is 29.8 Å². The van der Waals surface area contributed by atoms with E-state index >= 15 is 0 Å². The summed E-state index contributed by atoms with van der Waals surface area (Å²) in [5, 5.41) is 4.68. The van der Waals surface area contributed by atoms with Gasteiger partial charge in [0.2, 0.25) is 0 Å². The standard InChI is InChI=1S/C15H17N5S/c1-10-8-20(7-6-16-10)15-13(17-9-21-15)14-18-11-4-2-3-5-12(11)19-14/h2-5,9-10,16H,6-8H2,1H3,(H,18,19)/t10-/m0/s1. The summed E-state index contributed by atoms with van der Waals surface area (Å²) >= 11 is 1.69. The smallest absolute Gasteiger partial charge is 0.160 e. The van der Waals surface area contributed by atoms with Crippen LogP contribution in [0.15, 0.2) is 29.8 Å². The summed E-state index contributed by atoms with van der Waals surface area (Å²) in [6.07, 6.45) is 0. The number of aromatic nitrogens is 3. The number of benzene rings is 1. The number of anilines is 1. The monoisotopic (exact) mass is 299 g/mol. The van der Waals surface area contributed by atoms with Crippen LogP contribution in [0.3, 0.4) is 0 Å². The number of rotatable bonds is 2. The largest absolute Gasteiger partial charge is 0.359 e. The molecular formula is C15H17N5S. The molecule has 0 amide bonds. The van der Waals surface area contributed by atoms with E-state index in [-0.39, 0.29) is 0 Å². The van der Waals surface area contributed by atoms with Gasteiger partial charge in [0.1, 0.15) is 10.7 Å². The number of piperazine rings is 1. The van der Waals surface area contributed by atoms with Gasteiger partial charge >= 0.3 is 0 Å². The molecule has 1 aliphatic heterocycles. The molecule has 0 aliphatic carbocycles. The Kier molecular flexibility index (Phi) is 3.12. The molecule has 0 spiro atoms. The number of fused-ring (bicyclic) bond motifs is 1. The van der Waals surface area contributed by atoms with Gasteiger partial charge in [0, 0.05) is 25.7 Å². The van der Waals surface area contributed by atoms with Crippen molar-refractivity contribution >= 4 is 27.4 Å². The maximum Gasteiger partial charge on any atom is 0.160 e. The van der Waals surface area contributed by atoms with Crippen molar-refractivity contribution in [2.24, 2.45) is 0 Å². The molecule has 6 heteroatoms. The Morgan fingerprint density at radius 1 is 1.33 bits per heavy atom. The number of aromatic amines is 1. The molecule has 2 N–H and O–H groups in total. The van der Waals surface area contributed by atoms with Crippen molar-refractivity contribution in [1.82, 2.24) is 20.3 Å². The molecule has 0 radical (unpaired) electrons. The van der Waals surface area contributed by atoms with Crippen LogP contribution in [0.1, 0.15) is 6.92 Å². The second kappa shape index (κ2) is 5.13. The van der Waals surface area contributed by atoms with Crippen molar-refractivity contribution in [2.45, 2.75) is 13.0 Å². The molecule has 3 heterocycles. The molecule has 1 fully saturated rings. The van der Waals surface area contributed by atoms with Crippen LogP contribution in [-0.4, -0.2) is 40.6 Å². The van der Waals surface area contributed by atoms with Gasteiger partial charge in [0.05, 0.1) is 16.5 Å². The van der Waals surface area contributed by atoms with Gasteiger partial charge in [0.25, 0.3) is 0 Å². The van der Waals surface area contributed by atoms with Gasteiger partial charge < -0.3 is 15.2 Å². The summed E-state index contributed by atoms with van der Waals surface area (Å²) in [7, 11) is 0. The van der Waals surface area contributed by atoms with Crippen LogP contribution >= 0.6 is 11.3 Å². The quantitative estimate of drug-likeness (QED) is 0.763. The summed E-state index contributed by atoms with van der Waals surface area (Å²) in [4.78, 5) is 15.0. The molecule has 3 aromatic rings. The molecule has 1 saturated heterocycles. The van der Waals surface area contributed by atoms with E-state index in [1.54, 1.807) is 11.3 Å². The molecule has 1 atom stereocenters. The first-order valence-electron chi connectivity index (χ1n) is 7.18. The van der Waals surface area contributed by atoms with Gasteiger partial charge in [-0.25, -0.2) is 9.97 Å². The predicted octanol–water partition coefficient (Wildman–Crippen LogP) is 2.48. The Bertz CT molecular complexity index is 729. The molecule has 0 saturated carbocycles. The van der Waals surface area contributed by atoms with E-state index in [4.69, 9.17) is 0 Å². The van der Waals surface area contributed by atoms with Crippen LogP contribution in [0.5, 0.6) is 0 Å². The SMILES string of the molecule is C[C@H]1CN(c2scnc2-c2nc3ccccc3[nH]2)CCN1. The minimum Gasteiger partial charge on any atom is -0.359 e. The molecule has 108 valence electrons. The highest BCUT2D eigenvalue weighted by Gasteiger charge is 2.22. The third kappa shape index (κ3) is 2.30. The minimum atomic E-state index is 0.504. The van der Waals surface area contributed by atoms with Crippen LogP contribution in [-0.2, 0) is 0 Å². The molecule has 1 aromatic carbocycles. The molecule has 0 bridgehead atoms. The first-order valence-corrected chi connectivity index (χ1v) is 8.06. The van der Waals surface area contributed by atoms with Gasteiger partial charge in [-0.2, -0.15) is 0 Å². The molecule has 1 aliphatic rings. The van der Waals surface area contributed by atoms with Crippen molar-refractivity contribution < 1.29 is 0 Å². The molecule has 0 unspecified atom stereocenters. The second-order valence-electron chi connectivity index (χ2n) is 5.41. The van der Waals surface area contributed by atoms with Crippen LogP contribution in [0.4, 0.5) is 5.00 Å². The van der Waals surface area contributed by atoms with Gasteiger partial charge in [-0.1, -0.05) is 12.1 Å². The van der Waals surface area contributed by atoms with Crippen molar-refractivity contribution in [2.75, 3.05) is 24.5 Å². The summed E-state index contributed by atoms with van der Waals surface area (Å²) in [5.74, 6) is 0.860. The van der Waals surface area contributed by atoms with Gasteiger partial charge in [-0.05, 0) is 19.1 Å². The van der Waals surface area contributed by atoms with Crippen molar-refractivity contribution in [1.29, 1.82) is 0 Å². The number of para-hydroxylation sites is 2. The Labute approximate surface area is 127 Å². The first kappa shape index (κ1) is 12.8. The van der Waals surface area contributed by atoms with Gasteiger partial charge in [0.15, 0.2) is 5.82 Å². The third-order valence-corrected chi connectivity index (χ3v) is 4.70. The first-order chi connectivity index (χ1) is 10.3. The average molecular weight is 299 g/mol. The lowest BCUT2D eigenvalue weighted by molar-refractivity contribution is 0.486. The highest BCUT2D eigenvalue weighted by Crippen LogP contribution is 2.33. The lowest BCUT2D eigenvalue weighted by Gasteiger charge is -2.32. The number of H-pyrrole nitrogens is 1. The molecule has 5 nitrogen and oxygen atoms in total. The Morgan fingerprint density at radius 2 is 2.24 bits per heavy atom. The van der Waals surface area contributed by atoms with E-state index in [9.17, 15) is 0 Å². The maximum atomic E-state index is 4.68. The molecule has 2 aromatic heterocycles. The van der Waals surface area contributed by atoms with Crippen LogP contribution in [0, 0.1) is 0 Å². The van der Waals surface area contributed by atoms with Crippen molar-refractivity contribution in [3.63, 3.8) is 0 Å². The van der Waals surface area contributed by atoms with E-state index in [0.29, 0.717) is 6.04 Å². The third-order valence-electron chi connectivity index (χ3n) is 3.82. The normalized spacial score (nSPS) is 19.3. The van der Waals surface area contributed by atoms with Gasteiger partial charge in [-0.15, -0.1) is 11.3 Å². The number of nitrogens with zero attached hydrogens (tertiary/aromatic N) is 3. The highest BCUT2D eigenvalue weighted by molar-refractivity contribution is 7.14. The summed E-state index contributed by atoms with van der Waals surface area (Å²) < 4.78 is 0. The zero-order valence-corrected chi connectivity index (χ0v) is 12.7. The molecular weight excluding hydrogens is 282 g/mol. The minimum absolute atomic E-state index is 0.504. The van der Waals surface area contributed by atoms with E-state index in [2.05, 4.69) is 32.1 Å². The number of imidazole rings is 1. The zero-order valence-electron chi connectivity index (χ0n) is 11.8. The van der Waals surface area contributed by atoms with Crippen LogP contribution < -0.4 is 10.2 Å². The highest BCUT2D eigenvalue weighted by atomic mass is 32.1. The number of hydrogen-bond acceptors (Lipinski definition) is 5. The lowest BCUT2D eigenvalue weighted by Crippen LogP contribution is -2.49. The average Bonchev–Trinajstić information content (AvgIpc) is 3.13. The van der Waals surface area contributed by atoms with E-state index in [0.717, 1.165) is 42.2 Å². The fourth-order valence-corrected chi connectivity index (χ4v) is 3.64. The summed E-state index contributed by atoms with van der Waals surface area (Å²) in [6.45, 7) is 5.25. The van der Waals surface area contributed by atoms with Crippen molar-refractivity contribution in [3.05, 3.63) is 29.8 Å². The fraction of sp³-hybridized carbons (Fsp3) is 0.333. The number of hydrogen-bond donors (Lipinski definition) is 2. The van der Waals surface area contributed by atoms with Crippen molar-refractivity contribution in [3.8, 4) is 11.5 Å². The van der Waals surface area contributed by atoms with Crippen LogP contribution in [0.25, 0.3) is 22.6 Å². The fourth-order valence-electron chi connectivity index (χ4n) is 2.81. The lowest BCUT2D eigenvalue weighted by atomic mass is 10.2. The van der Waals surface area contributed by atoms with Crippen LogP contribution in [0.2, 0.25) is 0 Å². The van der Waals surface area contributed by atoms with E-state index in [1.165, 1.54) is 5.00 Å². The second-order valence-corrected chi connectivity index (χ2v) is 6.24. The van der Waals surface area contributed by atoms with Gasteiger partial charge in [-0.3, -0.25) is 0 Å². The summed E-state index contributed by atoms with van der Waals surface area (Å²) in [5.41, 5.74) is 4.91. The topological polar surface area (TPSA) is 56.8 Å². The maximum absolute atomic E-state index is 4.68. The predicted molar refractivity (Wildman–Crippen MR) is 86.9 cm³/mol.